The predicted octanol–water partition coefficient (Wildman–Crippen LogP) is 5.96. The van der Waals surface area contributed by atoms with Crippen LogP contribution in [0, 0.1) is 11.3 Å². The van der Waals surface area contributed by atoms with Gasteiger partial charge in [-0.3, -0.25) is 0 Å². The van der Waals surface area contributed by atoms with Gasteiger partial charge in [0.25, 0.3) is 0 Å². The van der Waals surface area contributed by atoms with Crippen molar-refractivity contribution in [2.75, 3.05) is 19.8 Å². The van der Waals surface area contributed by atoms with E-state index in [1.165, 1.54) is 101 Å². The lowest BCUT2D eigenvalue weighted by molar-refractivity contribution is 0.0695. The van der Waals surface area contributed by atoms with Crippen molar-refractivity contribution in [2.24, 2.45) is 0 Å². The van der Waals surface area contributed by atoms with Gasteiger partial charge in [0.1, 0.15) is 12.1 Å². The summed E-state index contributed by atoms with van der Waals surface area (Å²) in [6.45, 7) is 3.30. The molecule has 1 aromatic heterocycles. The molecule has 1 aromatic rings. The number of ether oxygens (including phenoxy) is 1. The summed E-state index contributed by atoms with van der Waals surface area (Å²) >= 11 is 0. The van der Waals surface area contributed by atoms with E-state index in [4.69, 9.17) is 10.00 Å². The molecule has 172 valence electrons. The quantitative estimate of drug-likeness (QED) is 0.248. The largest absolute Gasteiger partial charge is 0.394 e. The number of nitriles is 1. The van der Waals surface area contributed by atoms with E-state index in [0.717, 1.165) is 6.42 Å². The Bertz CT molecular complexity index is 542. The summed E-state index contributed by atoms with van der Waals surface area (Å²) in [4.78, 5) is 0. The van der Waals surface area contributed by atoms with Gasteiger partial charge in [-0.25, -0.2) is 4.68 Å². The molecule has 1 heterocycles. The van der Waals surface area contributed by atoms with Gasteiger partial charge in [-0.1, -0.05) is 108 Å². The van der Waals surface area contributed by atoms with Crippen molar-refractivity contribution in [1.29, 1.82) is 5.26 Å². The molecule has 6 heteroatoms. The minimum atomic E-state index is -0.277. The van der Waals surface area contributed by atoms with Crippen molar-refractivity contribution in [3.05, 3.63) is 11.9 Å². The number of aliphatic hydroxyl groups is 1. The fraction of sp³-hybridized carbons (Fsp3) is 0.875. The molecular formula is C24H44N4O2. The summed E-state index contributed by atoms with van der Waals surface area (Å²) < 4.78 is 7.18. The highest BCUT2D eigenvalue weighted by Gasteiger charge is 2.12. The molecular weight excluding hydrogens is 376 g/mol. The molecule has 1 atom stereocenters. The van der Waals surface area contributed by atoms with Gasteiger partial charge in [0.15, 0.2) is 5.69 Å². The Kier molecular flexibility index (Phi) is 17.3. The molecule has 0 aromatic carbocycles. The third kappa shape index (κ3) is 13.7. The lowest BCUT2D eigenvalue weighted by Gasteiger charge is -2.14. The van der Waals surface area contributed by atoms with Gasteiger partial charge < -0.3 is 9.84 Å². The van der Waals surface area contributed by atoms with Gasteiger partial charge in [-0.15, -0.1) is 5.10 Å². The zero-order valence-corrected chi connectivity index (χ0v) is 19.2. The van der Waals surface area contributed by atoms with Crippen LogP contribution >= 0.6 is 0 Å². The van der Waals surface area contributed by atoms with E-state index in [9.17, 15) is 5.11 Å². The molecule has 0 unspecified atom stereocenters. The molecule has 0 saturated heterocycles. The maximum atomic E-state index is 9.45. The Balaban J connectivity index is 1.82. The topological polar surface area (TPSA) is 84.0 Å². The van der Waals surface area contributed by atoms with E-state index >= 15 is 0 Å². The van der Waals surface area contributed by atoms with Crippen LogP contribution in [0.25, 0.3) is 0 Å². The molecule has 0 aliphatic heterocycles. The number of hydrogen-bond donors (Lipinski definition) is 1. The minimum absolute atomic E-state index is 0.0762. The number of rotatable bonds is 21. The smallest absolute Gasteiger partial charge is 0.182 e. The lowest BCUT2D eigenvalue weighted by atomic mass is 10.0. The first-order chi connectivity index (χ1) is 14.8. The fourth-order valence-electron chi connectivity index (χ4n) is 3.69. The Labute approximate surface area is 184 Å². The number of nitrogens with zero attached hydrogens (tertiary/aromatic N) is 4. The van der Waals surface area contributed by atoms with Crippen LogP contribution in [0.3, 0.4) is 0 Å². The van der Waals surface area contributed by atoms with E-state index in [2.05, 4.69) is 17.2 Å². The first-order valence-electron chi connectivity index (χ1n) is 12.3. The number of aromatic nitrogens is 3. The van der Waals surface area contributed by atoms with Gasteiger partial charge in [0.2, 0.25) is 0 Å². The molecule has 30 heavy (non-hydrogen) atoms. The number of unbranched alkanes of at least 4 members (excludes halogenated alkanes) is 15. The number of aliphatic hydroxyl groups excluding tert-OH is 1. The van der Waals surface area contributed by atoms with Crippen molar-refractivity contribution in [3.8, 4) is 6.07 Å². The Morgan fingerprint density at radius 2 is 1.40 bits per heavy atom. The molecule has 0 bridgehead atoms. The average Bonchev–Trinajstić information content (AvgIpc) is 3.24. The van der Waals surface area contributed by atoms with Crippen LogP contribution < -0.4 is 0 Å². The summed E-state index contributed by atoms with van der Waals surface area (Å²) in [5.74, 6) is 0. The third-order valence-electron chi connectivity index (χ3n) is 5.66. The van der Waals surface area contributed by atoms with E-state index in [-0.39, 0.29) is 18.3 Å². The third-order valence-corrected chi connectivity index (χ3v) is 5.66. The molecule has 0 aliphatic carbocycles. The average molecular weight is 421 g/mol. The highest BCUT2D eigenvalue weighted by atomic mass is 16.5. The summed E-state index contributed by atoms with van der Waals surface area (Å²) in [6.07, 6.45) is 23.3. The number of hydrogen-bond acceptors (Lipinski definition) is 5. The van der Waals surface area contributed by atoms with E-state index in [1.54, 1.807) is 6.20 Å². The molecule has 0 radical (unpaired) electrons. The van der Waals surface area contributed by atoms with Gasteiger partial charge in [-0.2, -0.15) is 5.26 Å². The minimum Gasteiger partial charge on any atom is -0.394 e. The van der Waals surface area contributed by atoms with Crippen LogP contribution in [0.5, 0.6) is 0 Å². The molecule has 1 N–H and O–H groups in total. The van der Waals surface area contributed by atoms with Gasteiger partial charge >= 0.3 is 0 Å². The van der Waals surface area contributed by atoms with Crippen molar-refractivity contribution >= 4 is 0 Å². The SMILES string of the molecule is CCCCCCCCCCCCCCCCCCOC[C@H](CO)n1cc(C#N)nn1. The van der Waals surface area contributed by atoms with Crippen molar-refractivity contribution in [3.63, 3.8) is 0 Å². The van der Waals surface area contributed by atoms with E-state index in [1.807, 2.05) is 6.07 Å². The Morgan fingerprint density at radius 3 is 1.83 bits per heavy atom. The molecule has 6 nitrogen and oxygen atoms in total. The molecule has 0 saturated carbocycles. The first kappa shape index (κ1) is 26.6. The standard InChI is InChI=1S/C24H44N4O2/c1-2-3-4-5-6-7-8-9-10-11-12-13-14-15-16-17-18-30-22-24(21-29)28-20-23(19-25)26-27-28/h20,24,29H,2-18,21-22H2,1H3/t24-/m0/s1. The van der Waals surface area contributed by atoms with Gasteiger partial charge in [0, 0.05) is 6.61 Å². The maximum Gasteiger partial charge on any atom is 0.182 e. The molecule has 0 fully saturated rings. The zero-order valence-electron chi connectivity index (χ0n) is 19.2. The molecule has 0 aliphatic rings. The monoisotopic (exact) mass is 420 g/mol. The van der Waals surface area contributed by atoms with Crippen LogP contribution in [0.2, 0.25) is 0 Å². The van der Waals surface area contributed by atoms with Crippen molar-refractivity contribution < 1.29 is 9.84 Å². The highest BCUT2D eigenvalue weighted by molar-refractivity contribution is 5.13. The molecule has 0 spiro atoms. The van der Waals surface area contributed by atoms with Crippen LogP contribution in [0.4, 0.5) is 0 Å². The van der Waals surface area contributed by atoms with Gasteiger partial charge in [0.05, 0.1) is 19.4 Å². The summed E-state index contributed by atoms with van der Waals surface area (Å²) in [7, 11) is 0. The second-order valence-electron chi connectivity index (χ2n) is 8.41. The molecule has 0 amide bonds. The Morgan fingerprint density at radius 1 is 0.900 bits per heavy atom. The normalized spacial score (nSPS) is 12.2. The van der Waals surface area contributed by atoms with Crippen LogP contribution in [-0.2, 0) is 4.74 Å². The zero-order chi connectivity index (χ0) is 21.7. The summed E-state index contributed by atoms with van der Waals surface area (Å²) in [5.41, 5.74) is 0.256. The van der Waals surface area contributed by atoms with E-state index in [0.29, 0.717) is 13.2 Å². The van der Waals surface area contributed by atoms with Crippen LogP contribution in [0.15, 0.2) is 6.20 Å². The molecule has 1 rings (SSSR count). The Hall–Kier alpha value is -1.45. The van der Waals surface area contributed by atoms with E-state index < -0.39 is 0 Å². The van der Waals surface area contributed by atoms with Crippen LogP contribution in [0.1, 0.15) is 121 Å². The van der Waals surface area contributed by atoms with Crippen LogP contribution in [-0.4, -0.2) is 39.9 Å². The first-order valence-corrected chi connectivity index (χ1v) is 12.3. The second kappa shape index (κ2) is 19.5. The van der Waals surface area contributed by atoms with Crippen molar-refractivity contribution in [2.45, 2.75) is 116 Å². The second-order valence-corrected chi connectivity index (χ2v) is 8.41. The fourth-order valence-corrected chi connectivity index (χ4v) is 3.69. The maximum absolute atomic E-state index is 9.45. The summed E-state index contributed by atoms with van der Waals surface area (Å²) in [6, 6.07) is 1.66. The van der Waals surface area contributed by atoms with Crippen molar-refractivity contribution in [1.82, 2.24) is 15.0 Å². The summed E-state index contributed by atoms with van der Waals surface area (Å²) in [5, 5.41) is 25.8. The van der Waals surface area contributed by atoms with Gasteiger partial charge in [-0.05, 0) is 6.42 Å². The predicted molar refractivity (Wildman–Crippen MR) is 121 cm³/mol. The lowest BCUT2D eigenvalue weighted by Crippen LogP contribution is -2.20. The highest BCUT2D eigenvalue weighted by Crippen LogP contribution is 2.14.